The van der Waals surface area contributed by atoms with Gasteiger partial charge in [0.2, 0.25) is 9.84 Å². The highest BCUT2D eigenvalue weighted by Crippen LogP contribution is 2.33. The average Bonchev–Trinajstić information content (AvgIpc) is 3.37. The molecule has 0 unspecified atom stereocenters. The van der Waals surface area contributed by atoms with Gasteiger partial charge in [0.1, 0.15) is 0 Å². The molecule has 0 amide bonds. The molecule has 1 N–H and O–H groups in total. The number of nitrogens with zero attached hydrogens (tertiary/aromatic N) is 1. The fourth-order valence-corrected chi connectivity index (χ4v) is 5.02. The van der Waals surface area contributed by atoms with Gasteiger partial charge in [-0.25, -0.2) is 8.42 Å². The zero-order chi connectivity index (χ0) is 18.4. The Morgan fingerprint density at radius 1 is 0.926 bits per heavy atom. The molecule has 2 heterocycles. The molecular formula is C20H16N2O4S. The largest absolute Gasteiger partial charge is 0.346 e. The molecule has 1 fully saturated rings. The monoisotopic (exact) mass is 380 g/mol. The number of H-pyrrole nitrogens is 1. The van der Waals surface area contributed by atoms with Crippen molar-refractivity contribution in [2.75, 3.05) is 13.2 Å². The van der Waals surface area contributed by atoms with E-state index in [0.29, 0.717) is 29.5 Å². The van der Waals surface area contributed by atoms with Crippen LogP contribution in [-0.4, -0.2) is 31.8 Å². The lowest BCUT2D eigenvalue weighted by Gasteiger charge is -2.10. The van der Waals surface area contributed by atoms with Crippen molar-refractivity contribution in [3.05, 3.63) is 66.2 Å². The first kappa shape index (κ1) is 16.4. The second kappa shape index (κ2) is 6.16. The molecule has 0 atom stereocenters. The second-order valence-corrected chi connectivity index (χ2v) is 8.24. The highest BCUT2D eigenvalue weighted by Gasteiger charge is 2.26. The van der Waals surface area contributed by atoms with Crippen molar-refractivity contribution < 1.29 is 17.9 Å². The van der Waals surface area contributed by atoms with Gasteiger partial charge >= 0.3 is 0 Å². The van der Waals surface area contributed by atoms with Gasteiger partial charge in [0.05, 0.1) is 23.6 Å². The van der Waals surface area contributed by atoms with Crippen molar-refractivity contribution in [2.24, 2.45) is 0 Å². The third-order valence-corrected chi connectivity index (χ3v) is 6.53. The topological polar surface area (TPSA) is 81.3 Å². The molecule has 27 heavy (non-hydrogen) atoms. The van der Waals surface area contributed by atoms with E-state index in [0.717, 1.165) is 10.9 Å². The summed E-state index contributed by atoms with van der Waals surface area (Å²) >= 11 is 0. The normalized spacial score (nSPS) is 15.7. The van der Waals surface area contributed by atoms with Crippen LogP contribution in [0.2, 0.25) is 0 Å². The minimum Gasteiger partial charge on any atom is -0.346 e. The zero-order valence-corrected chi connectivity index (χ0v) is 15.1. The summed E-state index contributed by atoms with van der Waals surface area (Å²) < 4.78 is 37.9. The van der Waals surface area contributed by atoms with E-state index < -0.39 is 16.1 Å². The molecular weight excluding hydrogens is 364 g/mol. The number of nitrogens with one attached hydrogen (secondary N) is 1. The Labute approximate surface area is 155 Å². The quantitative estimate of drug-likeness (QED) is 0.587. The summed E-state index contributed by atoms with van der Waals surface area (Å²) in [6.07, 6.45) is -0.475. The molecule has 0 aliphatic carbocycles. The van der Waals surface area contributed by atoms with Crippen molar-refractivity contribution >= 4 is 31.5 Å². The van der Waals surface area contributed by atoms with Crippen LogP contribution in [0.5, 0.6) is 0 Å². The highest BCUT2D eigenvalue weighted by atomic mass is 32.2. The van der Waals surface area contributed by atoms with E-state index in [1.165, 1.54) is 0 Å². The number of sulfone groups is 1. The fourth-order valence-electron chi connectivity index (χ4n) is 3.45. The van der Waals surface area contributed by atoms with Gasteiger partial charge in [0, 0.05) is 16.3 Å². The number of benzene rings is 3. The molecule has 1 saturated heterocycles. The Kier molecular flexibility index (Phi) is 3.75. The van der Waals surface area contributed by atoms with Crippen LogP contribution >= 0.6 is 0 Å². The molecule has 6 nitrogen and oxygen atoms in total. The molecule has 5 rings (SSSR count). The summed E-state index contributed by atoms with van der Waals surface area (Å²) in [6, 6.07) is 18.1. The smallest absolute Gasteiger partial charge is 0.224 e. The van der Waals surface area contributed by atoms with Gasteiger partial charge in [-0.05, 0) is 23.6 Å². The minimum atomic E-state index is -3.79. The Bertz CT molecular complexity index is 1250. The number of hydrogen-bond donors (Lipinski definition) is 1. The molecule has 1 aromatic heterocycles. The average molecular weight is 380 g/mol. The summed E-state index contributed by atoms with van der Waals surface area (Å²) in [5, 5.41) is 9.05. The van der Waals surface area contributed by atoms with Crippen LogP contribution < -0.4 is 0 Å². The summed E-state index contributed by atoms with van der Waals surface area (Å²) in [7, 11) is -3.79. The number of aromatic amines is 1. The third kappa shape index (κ3) is 2.63. The maximum atomic E-state index is 13.4. The first-order chi connectivity index (χ1) is 13.1. The van der Waals surface area contributed by atoms with Crippen molar-refractivity contribution in [2.45, 2.75) is 16.2 Å². The maximum Gasteiger partial charge on any atom is 0.224 e. The molecule has 1 aliphatic heterocycles. The molecule has 1 aliphatic rings. The molecule has 136 valence electrons. The standard InChI is InChI=1S/C20H16N2O4S/c23-27(24,18-7-3-5-13-4-1-2-6-15(13)18)19-16-12-14(20-25-10-11-26-20)8-9-17(16)21-22-19/h1-9,12,20H,10-11H2,(H,21,22). The fraction of sp³-hybridized carbons (Fsp3) is 0.150. The molecule has 7 heteroatoms. The van der Waals surface area contributed by atoms with Gasteiger partial charge in [-0.3, -0.25) is 5.10 Å². The van der Waals surface area contributed by atoms with Crippen molar-refractivity contribution in [1.82, 2.24) is 10.2 Å². The predicted molar refractivity (Wildman–Crippen MR) is 100 cm³/mol. The van der Waals surface area contributed by atoms with Crippen LogP contribution in [0, 0.1) is 0 Å². The van der Waals surface area contributed by atoms with Gasteiger partial charge in [0.25, 0.3) is 0 Å². The lowest BCUT2D eigenvalue weighted by Crippen LogP contribution is -2.04. The lowest BCUT2D eigenvalue weighted by atomic mass is 10.1. The summed E-state index contributed by atoms with van der Waals surface area (Å²) in [4.78, 5) is 0.255. The first-order valence-corrected chi connectivity index (χ1v) is 10.1. The van der Waals surface area contributed by atoms with Crippen LogP contribution in [0.4, 0.5) is 0 Å². The van der Waals surface area contributed by atoms with Crippen LogP contribution in [0.15, 0.2) is 70.6 Å². The van der Waals surface area contributed by atoms with E-state index in [1.54, 1.807) is 24.3 Å². The summed E-state index contributed by atoms with van der Waals surface area (Å²) in [5.74, 6) is 0. The molecule has 0 spiro atoms. The van der Waals surface area contributed by atoms with Gasteiger partial charge in [-0.1, -0.05) is 42.5 Å². The number of hydrogen-bond acceptors (Lipinski definition) is 5. The van der Waals surface area contributed by atoms with Crippen molar-refractivity contribution in [3.63, 3.8) is 0 Å². The van der Waals surface area contributed by atoms with Crippen molar-refractivity contribution in [3.8, 4) is 0 Å². The number of rotatable bonds is 3. The van der Waals surface area contributed by atoms with E-state index in [4.69, 9.17) is 9.47 Å². The number of fused-ring (bicyclic) bond motifs is 2. The van der Waals surface area contributed by atoms with E-state index in [9.17, 15) is 8.42 Å². The zero-order valence-electron chi connectivity index (χ0n) is 14.3. The van der Waals surface area contributed by atoms with Gasteiger partial charge < -0.3 is 9.47 Å². The Balaban J connectivity index is 1.70. The minimum absolute atomic E-state index is 0.0775. The maximum absolute atomic E-state index is 13.4. The number of aromatic nitrogens is 2. The first-order valence-electron chi connectivity index (χ1n) is 8.59. The predicted octanol–water partition coefficient (Wildman–Crippen LogP) is 3.59. The third-order valence-electron chi connectivity index (χ3n) is 4.74. The lowest BCUT2D eigenvalue weighted by molar-refractivity contribution is -0.0440. The van der Waals surface area contributed by atoms with E-state index >= 15 is 0 Å². The van der Waals surface area contributed by atoms with Crippen LogP contribution in [-0.2, 0) is 19.3 Å². The van der Waals surface area contributed by atoms with E-state index in [2.05, 4.69) is 10.2 Å². The molecule has 0 bridgehead atoms. The molecule has 0 radical (unpaired) electrons. The van der Waals surface area contributed by atoms with Crippen LogP contribution in [0.3, 0.4) is 0 Å². The Hall–Kier alpha value is -2.74. The highest BCUT2D eigenvalue weighted by molar-refractivity contribution is 7.91. The molecule has 4 aromatic rings. The Morgan fingerprint density at radius 3 is 2.56 bits per heavy atom. The number of ether oxygens (including phenoxy) is 2. The van der Waals surface area contributed by atoms with Gasteiger partial charge in [0.15, 0.2) is 11.3 Å². The van der Waals surface area contributed by atoms with E-state index in [1.807, 2.05) is 36.4 Å². The van der Waals surface area contributed by atoms with Gasteiger partial charge in [-0.15, -0.1) is 0 Å². The molecule has 3 aromatic carbocycles. The van der Waals surface area contributed by atoms with E-state index in [-0.39, 0.29) is 9.92 Å². The van der Waals surface area contributed by atoms with Gasteiger partial charge in [-0.2, -0.15) is 5.10 Å². The molecule has 0 saturated carbocycles. The SMILES string of the molecule is O=S(=O)(c1cccc2ccccc12)c1[nH]nc2ccc(C3OCCO3)cc12. The Morgan fingerprint density at radius 2 is 1.70 bits per heavy atom. The second-order valence-electron chi connectivity index (χ2n) is 6.38. The summed E-state index contributed by atoms with van der Waals surface area (Å²) in [6.45, 7) is 1.05. The van der Waals surface area contributed by atoms with Crippen LogP contribution in [0.25, 0.3) is 21.7 Å². The summed E-state index contributed by atoms with van der Waals surface area (Å²) in [5.41, 5.74) is 1.35. The van der Waals surface area contributed by atoms with Crippen LogP contribution in [0.1, 0.15) is 11.9 Å². The van der Waals surface area contributed by atoms with Crippen molar-refractivity contribution in [1.29, 1.82) is 0 Å².